The maximum absolute atomic E-state index is 6.11. The molecule has 20 heavy (non-hydrogen) atoms. The van der Waals surface area contributed by atoms with Gasteiger partial charge in [0.15, 0.2) is 0 Å². The summed E-state index contributed by atoms with van der Waals surface area (Å²) in [5.74, 6) is 0. The second kappa shape index (κ2) is 7.11. The van der Waals surface area contributed by atoms with Gasteiger partial charge in [0.05, 0.1) is 4.83 Å². The minimum atomic E-state index is 0.145. The van der Waals surface area contributed by atoms with Crippen molar-refractivity contribution in [1.82, 2.24) is 0 Å². The quantitative estimate of drug-likeness (QED) is 0.486. The Kier molecular flexibility index (Phi) is 5.71. The van der Waals surface area contributed by atoms with Crippen molar-refractivity contribution in [3.63, 3.8) is 0 Å². The zero-order valence-electron chi connectivity index (χ0n) is 11.6. The van der Waals surface area contributed by atoms with Crippen LogP contribution in [0.3, 0.4) is 0 Å². The molecule has 0 spiro atoms. The fraction of sp³-hybridized carbons (Fsp3) is 0.294. The van der Waals surface area contributed by atoms with Crippen LogP contribution in [-0.4, -0.2) is 0 Å². The van der Waals surface area contributed by atoms with E-state index in [1.54, 1.807) is 0 Å². The summed E-state index contributed by atoms with van der Waals surface area (Å²) in [5, 5.41) is 0.758. The smallest absolute Gasteiger partial charge is 0.0656 e. The highest BCUT2D eigenvalue weighted by atomic mass is 79.9. The van der Waals surface area contributed by atoms with E-state index in [0.717, 1.165) is 27.9 Å². The topological polar surface area (TPSA) is 0 Å². The van der Waals surface area contributed by atoms with Crippen LogP contribution in [0, 0.1) is 0 Å². The second-order valence-electron chi connectivity index (χ2n) is 4.76. The summed E-state index contributed by atoms with van der Waals surface area (Å²) in [5.41, 5.74) is 5.28. The molecule has 3 heteroatoms. The number of rotatable bonds is 4. The first-order valence-electron chi connectivity index (χ1n) is 6.77. The highest BCUT2D eigenvalue weighted by Gasteiger charge is 2.15. The molecule has 0 amide bonds. The van der Waals surface area contributed by atoms with Crippen molar-refractivity contribution in [3.8, 4) is 0 Å². The van der Waals surface area contributed by atoms with Crippen LogP contribution >= 0.6 is 43.5 Å². The van der Waals surface area contributed by atoms with Crippen LogP contribution in [-0.2, 0) is 12.8 Å². The highest BCUT2D eigenvalue weighted by molar-refractivity contribution is 9.11. The van der Waals surface area contributed by atoms with E-state index in [4.69, 9.17) is 11.6 Å². The summed E-state index contributed by atoms with van der Waals surface area (Å²) in [6.07, 6.45) is 2.14. The van der Waals surface area contributed by atoms with Crippen LogP contribution in [0.25, 0.3) is 0 Å². The van der Waals surface area contributed by atoms with Crippen molar-refractivity contribution in [3.05, 3.63) is 68.1 Å². The van der Waals surface area contributed by atoms with Crippen LogP contribution in [0.15, 0.2) is 40.9 Å². The number of benzene rings is 2. The first-order chi connectivity index (χ1) is 9.56. The Balaban J connectivity index is 2.42. The Morgan fingerprint density at radius 3 is 2.35 bits per heavy atom. The van der Waals surface area contributed by atoms with E-state index in [1.807, 2.05) is 18.2 Å². The van der Waals surface area contributed by atoms with Gasteiger partial charge in [-0.15, -0.1) is 0 Å². The van der Waals surface area contributed by atoms with Gasteiger partial charge in [-0.25, -0.2) is 0 Å². The standard InChI is InChI=1S/C17H17Br2Cl/c1-3-11-5-6-13(9-12(11)4-2)17(19)15-10-14(20)7-8-16(15)18/h5-10,17H,3-4H2,1-2H3. The lowest BCUT2D eigenvalue weighted by atomic mass is 9.96. The molecule has 0 fully saturated rings. The minimum Gasteiger partial charge on any atom is -0.0843 e. The van der Waals surface area contributed by atoms with Crippen molar-refractivity contribution < 1.29 is 0 Å². The highest BCUT2D eigenvalue weighted by Crippen LogP contribution is 2.37. The molecule has 0 aliphatic carbocycles. The van der Waals surface area contributed by atoms with E-state index in [9.17, 15) is 0 Å². The van der Waals surface area contributed by atoms with E-state index in [2.05, 4.69) is 63.9 Å². The third-order valence-electron chi connectivity index (χ3n) is 3.52. The van der Waals surface area contributed by atoms with Crippen LogP contribution in [0.5, 0.6) is 0 Å². The minimum absolute atomic E-state index is 0.145. The predicted molar refractivity (Wildman–Crippen MR) is 95.1 cm³/mol. The number of halogens is 3. The largest absolute Gasteiger partial charge is 0.0843 e. The molecule has 2 aromatic rings. The van der Waals surface area contributed by atoms with Gasteiger partial charge in [0.1, 0.15) is 0 Å². The molecular weight excluding hydrogens is 399 g/mol. The Morgan fingerprint density at radius 2 is 1.70 bits per heavy atom. The Hall–Kier alpha value is -0.310. The van der Waals surface area contributed by atoms with Gasteiger partial charge in [0, 0.05) is 9.50 Å². The molecule has 0 nitrogen and oxygen atoms in total. The molecular formula is C17H17Br2Cl. The molecule has 1 unspecified atom stereocenters. The maximum Gasteiger partial charge on any atom is 0.0656 e. The molecule has 0 saturated heterocycles. The average molecular weight is 417 g/mol. The lowest BCUT2D eigenvalue weighted by Gasteiger charge is -2.16. The van der Waals surface area contributed by atoms with Crippen LogP contribution in [0.1, 0.15) is 40.9 Å². The molecule has 106 valence electrons. The first kappa shape index (κ1) is 16.1. The Morgan fingerprint density at radius 1 is 1.00 bits per heavy atom. The van der Waals surface area contributed by atoms with Gasteiger partial charge in [-0.3, -0.25) is 0 Å². The Bertz CT molecular complexity index is 608. The molecule has 0 bridgehead atoms. The zero-order chi connectivity index (χ0) is 14.7. The third kappa shape index (κ3) is 3.47. The number of alkyl halides is 1. The van der Waals surface area contributed by atoms with Crippen molar-refractivity contribution in [2.24, 2.45) is 0 Å². The first-order valence-corrected chi connectivity index (χ1v) is 8.86. The van der Waals surface area contributed by atoms with Gasteiger partial charge >= 0.3 is 0 Å². The number of aryl methyl sites for hydroxylation is 2. The molecule has 2 aromatic carbocycles. The molecule has 0 aliphatic heterocycles. The van der Waals surface area contributed by atoms with Crippen molar-refractivity contribution in [2.45, 2.75) is 31.5 Å². The summed E-state index contributed by atoms with van der Waals surface area (Å²) in [6, 6.07) is 12.6. The lowest BCUT2D eigenvalue weighted by molar-refractivity contribution is 1.02. The van der Waals surface area contributed by atoms with E-state index in [-0.39, 0.29) is 4.83 Å². The van der Waals surface area contributed by atoms with Crippen LogP contribution in [0.4, 0.5) is 0 Å². The summed E-state index contributed by atoms with van der Waals surface area (Å²) in [6.45, 7) is 4.41. The second-order valence-corrected chi connectivity index (χ2v) is 6.97. The predicted octanol–water partition coefficient (Wildman–Crippen LogP) is 6.71. The van der Waals surface area contributed by atoms with E-state index >= 15 is 0 Å². The fourth-order valence-corrected chi connectivity index (χ4v) is 3.99. The van der Waals surface area contributed by atoms with Gasteiger partial charge in [0.2, 0.25) is 0 Å². The fourth-order valence-electron chi connectivity index (χ4n) is 2.37. The molecule has 0 heterocycles. The summed E-state index contributed by atoms with van der Waals surface area (Å²) >= 11 is 13.5. The maximum atomic E-state index is 6.11. The van der Waals surface area contributed by atoms with Crippen molar-refractivity contribution in [1.29, 1.82) is 0 Å². The summed E-state index contributed by atoms with van der Waals surface area (Å²) in [4.78, 5) is 0.145. The Labute approximate surface area is 142 Å². The van der Waals surface area contributed by atoms with Gasteiger partial charge in [-0.2, -0.15) is 0 Å². The normalized spacial score (nSPS) is 12.4. The average Bonchev–Trinajstić information content (AvgIpc) is 2.48. The monoisotopic (exact) mass is 414 g/mol. The van der Waals surface area contributed by atoms with Crippen LogP contribution in [0.2, 0.25) is 5.02 Å². The number of hydrogen-bond acceptors (Lipinski definition) is 0. The zero-order valence-corrected chi connectivity index (χ0v) is 15.5. The third-order valence-corrected chi connectivity index (χ3v) is 5.50. The van der Waals surface area contributed by atoms with E-state index in [1.165, 1.54) is 16.7 Å². The summed E-state index contributed by atoms with van der Waals surface area (Å²) < 4.78 is 1.07. The number of hydrogen-bond donors (Lipinski definition) is 0. The van der Waals surface area contributed by atoms with Crippen molar-refractivity contribution >= 4 is 43.5 Å². The van der Waals surface area contributed by atoms with Gasteiger partial charge in [-0.05, 0) is 53.3 Å². The van der Waals surface area contributed by atoms with E-state index < -0.39 is 0 Å². The van der Waals surface area contributed by atoms with Gasteiger partial charge < -0.3 is 0 Å². The van der Waals surface area contributed by atoms with Gasteiger partial charge in [0.25, 0.3) is 0 Å². The van der Waals surface area contributed by atoms with Crippen molar-refractivity contribution in [2.75, 3.05) is 0 Å². The van der Waals surface area contributed by atoms with E-state index in [0.29, 0.717) is 0 Å². The molecule has 2 rings (SSSR count). The SMILES string of the molecule is CCc1ccc(C(Br)c2cc(Cl)ccc2Br)cc1CC. The lowest BCUT2D eigenvalue weighted by Crippen LogP contribution is -1.98. The van der Waals surface area contributed by atoms with Gasteiger partial charge in [-0.1, -0.05) is 75.5 Å². The molecule has 0 aromatic heterocycles. The molecule has 0 radical (unpaired) electrons. The molecule has 0 aliphatic rings. The summed E-state index contributed by atoms with van der Waals surface area (Å²) in [7, 11) is 0. The van der Waals surface area contributed by atoms with Crippen LogP contribution < -0.4 is 0 Å². The molecule has 1 atom stereocenters. The molecule has 0 saturated carbocycles. The molecule has 0 N–H and O–H groups in total.